The van der Waals surface area contributed by atoms with E-state index in [0.29, 0.717) is 0 Å². The molecule has 5 heteroatoms. The summed E-state index contributed by atoms with van der Waals surface area (Å²) in [4.78, 5) is 6.19. The molecule has 0 amide bonds. The van der Waals surface area contributed by atoms with Crippen LogP contribution < -0.4 is 15.0 Å². The van der Waals surface area contributed by atoms with Gasteiger partial charge in [0.05, 0.1) is 0 Å². The Morgan fingerprint density at radius 2 is 1.81 bits per heavy atom. The molecule has 4 rings (SSSR count). The second-order valence-electron chi connectivity index (χ2n) is 8.79. The average molecular weight is 450 g/mol. The zero-order valence-corrected chi connectivity index (χ0v) is 20.3. The highest BCUT2D eigenvalue weighted by Gasteiger charge is 2.38. The number of thiophene rings is 1. The van der Waals surface area contributed by atoms with Crippen LogP contribution in [0.5, 0.6) is 5.75 Å². The molecule has 0 bridgehead atoms. The van der Waals surface area contributed by atoms with Crippen molar-refractivity contribution in [2.45, 2.75) is 30.9 Å². The SMILES string of the molecule is CNCCC(Oc1cccc(N2CCC(c3ccccc3)(N(C)C)CC2)c1)c1cccs1. The summed E-state index contributed by atoms with van der Waals surface area (Å²) in [6, 6.07) is 23.9. The van der Waals surface area contributed by atoms with Gasteiger partial charge < -0.3 is 15.0 Å². The fourth-order valence-electron chi connectivity index (χ4n) is 4.80. The molecule has 2 heterocycles. The minimum atomic E-state index is 0.0820. The van der Waals surface area contributed by atoms with Crippen LogP contribution in [0.15, 0.2) is 72.1 Å². The van der Waals surface area contributed by atoms with Gasteiger partial charge in [0.1, 0.15) is 11.9 Å². The molecule has 0 saturated carbocycles. The molecule has 0 radical (unpaired) electrons. The second kappa shape index (κ2) is 10.5. The summed E-state index contributed by atoms with van der Waals surface area (Å²) in [6.07, 6.45) is 3.25. The maximum Gasteiger partial charge on any atom is 0.134 e. The van der Waals surface area contributed by atoms with Gasteiger partial charge in [0.25, 0.3) is 0 Å². The number of benzene rings is 2. The molecule has 1 N–H and O–H groups in total. The summed E-state index contributed by atoms with van der Waals surface area (Å²) >= 11 is 1.77. The highest BCUT2D eigenvalue weighted by atomic mass is 32.1. The van der Waals surface area contributed by atoms with E-state index >= 15 is 0 Å². The average Bonchev–Trinajstić information content (AvgIpc) is 3.37. The number of hydrogen-bond acceptors (Lipinski definition) is 5. The van der Waals surface area contributed by atoms with E-state index in [1.54, 1.807) is 11.3 Å². The molecule has 1 aromatic heterocycles. The van der Waals surface area contributed by atoms with Crippen molar-refractivity contribution in [3.05, 3.63) is 82.6 Å². The number of rotatable bonds is 9. The highest BCUT2D eigenvalue weighted by molar-refractivity contribution is 7.10. The van der Waals surface area contributed by atoms with Crippen molar-refractivity contribution in [1.29, 1.82) is 0 Å². The van der Waals surface area contributed by atoms with Crippen molar-refractivity contribution in [2.75, 3.05) is 45.7 Å². The van der Waals surface area contributed by atoms with Crippen molar-refractivity contribution in [2.24, 2.45) is 0 Å². The van der Waals surface area contributed by atoms with Gasteiger partial charge in [0, 0.05) is 41.7 Å². The minimum absolute atomic E-state index is 0.0820. The molecule has 2 aromatic carbocycles. The molecule has 0 spiro atoms. The molecule has 1 aliphatic heterocycles. The van der Waals surface area contributed by atoms with Gasteiger partial charge in [-0.2, -0.15) is 0 Å². The van der Waals surface area contributed by atoms with Crippen LogP contribution in [0.3, 0.4) is 0 Å². The van der Waals surface area contributed by atoms with E-state index in [-0.39, 0.29) is 11.6 Å². The largest absolute Gasteiger partial charge is 0.485 e. The Morgan fingerprint density at radius 3 is 2.47 bits per heavy atom. The third-order valence-corrected chi connectivity index (χ3v) is 7.70. The fraction of sp³-hybridized carbons (Fsp3) is 0.407. The lowest BCUT2D eigenvalue weighted by Gasteiger charge is -2.47. The first-order valence-electron chi connectivity index (χ1n) is 11.5. The zero-order chi connectivity index (χ0) is 22.4. The molecule has 3 aromatic rings. The third kappa shape index (κ3) is 5.01. The summed E-state index contributed by atoms with van der Waals surface area (Å²) in [5.41, 5.74) is 2.77. The number of nitrogens with one attached hydrogen (secondary N) is 1. The number of hydrogen-bond donors (Lipinski definition) is 1. The Kier molecular flexibility index (Phi) is 7.51. The molecule has 0 aliphatic carbocycles. The molecule has 170 valence electrons. The lowest BCUT2D eigenvalue weighted by atomic mass is 9.79. The predicted octanol–water partition coefficient (Wildman–Crippen LogP) is 5.54. The van der Waals surface area contributed by atoms with Gasteiger partial charge in [0.2, 0.25) is 0 Å². The quantitative estimate of drug-likeness (QED) is 0.464. The molecule has 1 unspecified atom stereocenters. The summed E-state index contributed by atoms with van der Waals surface area (Å²) in [7, 11) is 6.42. The lowest BCUT2D eigenvalue weighted by molar-refractivity contribution is 0.115. The minimum Gasteiger partial charge on any atom is -0.485 e. The Bertz CT molecular complexity index is 950. The Morgan fingerprint density at radius 1 is 1.03 bits per heavy atom. The van der Waals surface area contributed by atoms with Crippen LogP contribution in [-0.2, 0) is 5.54 Å². The van der Waals surface area contributed by atoms with Crippen molar-refractivity contribution in [3.63, 3.8) is 0 Å². The summed E-state index contributed by atoms with van der Waals surface area (Å²) < 4.78 is 6.48. The Hall–Kier alpha value is -2.34. The van der Waals surface area contributed by atoms with Gasteiger partial charge in [-0.1, -0.05) is 42.5 Å². The molecule has 1 atom stereocenters. The van der Waals surface area contributed by atoms with Crippen molar-refractivity contribution in [3.8, 4) is 5.75 Å². The highest BCUT2D eigenvalue weighted by Crippen LogP contribution is 2.39. The smallest absolute Gasteiger partial charge is 0.134 e. The van der Waals surface area contributed by atoms with Gasteiger partial charge in [-0.3, -0.25) is 4.90 Å². The standard InChI is InChI=1S/C27H35N3OS/c1-28-17-14-25(26-13-8-20-32-26)31-24-12-7-11-23(21-24)30-18-15-27(16-19-30,29(2)3)22-9-5-4-6-10-22/h4-13,20-21,25,28H,14-19H2,1-3H3. The van der Waals surface area contributed by atoms with Gasteiger partial charge in [-0.15, -0.1) is 11.3 Å². The number of ether oxygens (including phenoxy) is 1. The van der Waals surface area contributed by atoms with E-state index in [1.165, 1.54) is 16.1 Å². The normalized spacial score (nSPS) is 16.8. The van der Waals surface area contributed by atoms with Gasteiger partial charge in [0.15, 0.2) is 0 Å². The van der Waals surface area contributed by atoms with Crippen LogP contribution in [-0.4, -0.2) is 45.7 Å². The van der Waals surface area contributed by atoms with E-state index in [9.17, 15) is 0 Å². The van der Waals surface area contributed by atoms with Gasteiger partial charge in [-0.05, 0) is 69.7 Å². The Labute approximate surface area is 196 Å². The van der Waals surface area contributed by atoms with Crippen molar-refractivity contribution in [1.82, 2.24) is 10.2 Å². The van der Waals surface area contributed by atoms with Crippen LogP contribution in [0.2, 0.25) is 0 Å². The van der Waals surface area contributed by atoms with E-state index in [2.05, 4.69) is 101 Å². The van der Waals surface area contributed by atoms with Crippen LogP contribution in [0.4, 0.5) is 5.69 Å². The predicted molar refractivity (Wildman–Crippen MR) is 136 cm³/mol. The molecule has 4 nitrogen and oxygen atoms in total. The van der Waals surface area contributed by atoms with E-state index in [4.69, 9.17) is 4.74 Å². The second-order valence-corrected chi connectivity index (χ2v) is 9.77. The summed E-state index contributed by atoms with van der Waals surface area (Å²) in [5, 5.41) is 5.38. The summed E-state index contributed by atoms with van der Waals surface area (Å²) in [5.74, 6) is 0.949. The monoisotopic (exact) mass is 449 g/mol. The fourth-order valence-corrected chi connectivity index (χ4v) is 5.59. The van der Waals surface area contributed by atoms with Crippen molar-refractivity contribution < 1.29 is 4.74 Å². The first kappa shape index (κ1) is 22.8. The topological polar surface area (TPSA) is 27.7 Å². The molecular weight excluding hydrogens is 414 g/mol. The molecule has 32 heavy (non-hydrogen) atoms. The number of piperidine rings is 1. The van der Waals surface area contributed by atoms with E-state index in [1.807, 2.05) is 7.05 Å². The summed E-state index contributed by atoms with van der Waals surface area (Å²) in [6.45, 7) is 3.00. The van der Waals surface area contributed by atoms with Gasteiger partial charge in [-0.25, -0.2) is 0 Å². The maximum atomic E-state index is 6.48. The first-order valence-corrected chi connectivity index (χ1v) is 12.4. The van der Waals surface area contributed by atoms with Crippen LogP contribution in [0.25, 0.3) is 0 Å². The third-order valence-electron chi connectivity index (χ3n) is 6.74. The van der Waals surface area contributed by atoms with Gasteiger partial charge >= 0.3 is 0 Å². The molecular formula is C27H35N3OS. The maximum absolute atomic E-state index is 6.48. The van der Waals surface area contributed by atoms with Crippen LogP contribution in [0.1, 0.15) is 35.8 Å². The van der Waals surface area contributed by atoms with E-state index < -0.39 is 0 Å². The lowest BCUT2D eigenvalue weighted by Crippen LogP contribution is -2.50. The number of anilines is 1. The van der Waals surface area contributed by atoms with Crippen LogP contribution in [0, 0.1) is 0 Å². The van der Waals surface area contributed by atoms with Crippen LogP contribution >= 0.6 is 11.3 Å². The zero-order valence-electron chi connectivity index (χ0n) is 19.5. The van der Waals surface area contributed by atoms with Crippen molar-refractivity contribution >= 4 is 17.0 Å². The van der Waals surface area contributed by atoms with E-state index in [0.717, 1.165) is 44.6 Å². The molecule has 1 fully saturated rings. The molecule has 1 aliphatic rings. The first-order chi connectivity index (χ1) is 15.6. The number of nitrogens with zero attached hydrogens (tertiary/aromatic N) is 2. The Balaban J connectivity index is 1.47. The molecule has 1 saturated heterocycles.